The molecule has 24 heavy (non-hydrogen) atoms. The van der Waals surface area contributed by atoms with E-state index in [9.17, 15) is 4.79 Å². The van der Waals surface area contributed by atoms with Crippen molar-refractivity contribution in [1.29, 1.82) is 0 Å². The summed E-state index contributed by atoms with van der Waals surface area (Å²) in [6, 6.07) is 9.74. The van der Waals surface area contributed by atoms with Crippen molar-refractivity contribution in [3.05, 3.63) is 42.2 Å². The third kappa shape index (κ3) is 3.12. The molecule has 0 atom stereocenters. The number of nitrogen functional groups attached to an aromatic ring is 2. The number of thioether (sulfide) groups is 1. The zero-order valence-electron chi connectivity index (χ0n) is 12.7. The summed E-state index contributed by atoms with van der Waals surface area (Å²) >= 11 is 0.797. The molecule has 1 aromatic carbocycles. The number of fused-ring (bicyclic) bond motifs is 1. The molecule has 0 spiro atoms. The van der Waals surface area contributed by atoms with Crippen LogP contribution < -0.4 is 17.2 Å². The number of hydrogen-bond donors (Lipinski definition) is 3. The van der Waals surface area contributed by atoms with Gasteiger partial charge in [0.25, 0.3) is 5.24 Å². The molecule has 3 rings (SSSR count). The average Bonchev–Trinajstić information content (AvgIpc) is 2.82. The predicted octanol–water partition coefficient (Wildman–Crippen LogP) is 1.94. The van der Waals surface area contributed by atoms with E-state index in [1.807, 2.05) is 30.3 Å². The van der Waals surface area contributed by atoms with Crippen LogP contribution in [0.5, 0.6) is 0 Å². The van der Waals surface area contributed by atoms with Crippen LogP contribution in [0.15, 0.2) is 41.6 Å². The van der Waals surface area contributed by atoms with Crippen LogP contribution in [0, 0.1) is 0 Å². The molecule has 8 nitrogen and oxygen atoms in total. The Morgan fingerprint density at radius 3 is 2.67 bits per heavy atom. The Hall–Kier alpha value is -2.78. The summed E-state index contributed by atoms with van der Waals surface area (Å²) in [5.41, 5.74) is 18.9. The van der Waals surface area contributed by atoms with Crippen molar-refractivity contribution in [3.63, 3.8) is 0 Å². The maximum Gasteiger partial charge on any atom is 0.281 e. The van der Waals surface area contributed by atoms with Crippen LogP contribution in [0.2, 0.25) is 0 Å². The molecule has 0 bridgehead atoms. The molecule has 0 saturated carbocycles. The Bertz CT molecular complexity index is 881. The highest BCUT2D eigenvalue weighted by atomic mass is 32.2. The first kappa shape index (κ1) is 16.1. The summed E-state index contributed by atoms with van der Waals surface area (Å²) < 4.78 is 7.35. The van der Waals surface area contributed by atoms with Gasteiger partial charge >= 0.3 is 0 Å². The molecule has 0 radical (unpaired) electrons. The molecule has 9 heteroatoms. The van der Waals surface area contributed by atoms with E-state index >= 15 is 0 Å². The molecule has 2 aromatic heterocycles. The molecular weight excluding hydrogens is 328 g/mol. The largest absolute Gasteiger partial charge is 0.384 e. The quantitative estimate of drug-likeness (QED) is 0.602. The second-order valence-electron chi connectivity index (χ2n) is 4.98. The van der Waals surface area contributed by atoms with Gasteiger partial charge in [0, 0.05) is 0 Å². The molecule has 0 aliphatic rings. The number of amides is 1. The molecule has 2 heterocycles. The van der Waals surface area contributed by atoms with Gasteiger partial charge in [0.05, 0.1) is 16.9 Å². The number of benzene rings is 1. The highest BCUT2D eigenvalue weighted by molar-refractivity contribution is 8.13. The normalized spacial score (nSPS) is 11.0. The van der Waals surface area contributed by atoms with E-state index in [-0.39, 0.29) is 12.5 Å². The summed E-state index contributed by atoms with van der Waals surface area (Å²) in [4.78, 5) is 19.9. The van der Waals surface area contributed by atoms with Crippen LogP contribution in [-0.4, -0.2) is 19.8 Å². The summed E-state index contributed by atoms with van der Waals surface area (Å²) in [5.74, 6) is 0.548. The molecular formula is C15H16N6O2S. The molecule has 0 saturated heterocycles. The fourth-order valence-electron chi connectivity index (χ4n) is 2.34. The fourth-order valence-corrected chi connectivity index (χ4v) is 3.05. The number of nitrogens with zero attached hydrogens (tertiary/aromatic N) is 3. The van der Waals surface area contributed by atoms with Crippen molar-refractivity contribution in [1.82, 2.24) is 14.5 Å². The number of carbonyl (C=O) groups is 1. The van der Waals surface area contributed by atoms with Gasteiger partial charge in [-0.1, -0.05) is 30.3 Å². The third-order valence-electron chi connectivity index (χ3n) is 3.40. The Morgan fingerprint density at radius 1 is 1.21 bits per heavy atom. The number of nitrogens with two attached hydrogens (primary N) is 3. The van der Waals surface area contributed by atoms with Crippen LogP contribution in [0.25, 0.3) is 11.0 Å². The lowest BCUT2D eigenvalue weighted by Gasteiger charge is -2.09. The van der Waals surface area contributed by atoms with Crippen molar-refractivity contribution >= 4 is 39.7 Å². The van der Waals surface area contributed by atoms with E-state index < -0.39 is 5.24 Å². The lowest BCUT2D eigenvalue weighted by atomic mass is 10.2. The smallest absolute Gasteiger partial charge is 0.281 e. The minimum atomic E-state index is -0.589. The van der Waals surface area contributed by atoms with E-state index in [2.05, 4.69) is 9.97 Å². The van der Waals surface area contributed by atoms with Crippen molar-refractivity contribution in [2.24, 2.45) is 5.73 Å². The van der Waals surface area contributed by atoms with Gasteiger partial charge in [0.15, 0.2) is 0 Å². The van der Waals surface area contributed by atoms with E-state index in [0.29, 0.717) is 28.4 Å². The van der Waals surface area contributed by atoms with Gasteiger partial charge in [-0.3, -0.25) is 9.36 Å². The second-order valence-corrected chi connectivity index (χ2v) is 6.00. The number of primary amides is 1. The van der Waals surface area contributed by atoms with Gasteiger partial charge in [-0.05, 0) is 17.3 Å². The number of ether oxygens (including phenoxy) is 1. The van der Waals surface area contributed by atoms with Gasteiger partial charge < -0.3 is 21.9 Å². The SMILES string of the molecule is NC(=O)Sc1c(N)n(COCc2ccccc2)c2ncnc(N)c12. The molecule has 1 amide bonds. The van der Waals surface area contributed by atoms with Crippen molar-refractivity contribution in [3.8, 4) is 0 Å². The number of rotatable bonds is 5. The summed E-state index contributed by atoms with van der Waals surface area (Å²) in [5, 5.41) is -0.0867. The number of carbonyl (C=O) groups excluding carboxylic acids is 1. The summed E-state index contributed by atoms with van der Waals surface area (Å²) in [6.07, 6.45) is 1.34. The van der Waals surface area contributed by atoms with E-state index in [4.69, 9.17) is 21.9 Å². The van der Waals surface area contributed by atoms with Crippen LogP contribution >= 0.6 is 11.8 Å². The zero-order valence-corrected chi connectivity index (χ0v) is 13.5. The molecule has 6 N–H and O–H groups in total. The fraction of sp³-hybridized carbons (Fsp3) is 0.133. The first-order valence-corrected chi connectivity index (χ1v) is 7.86. The van der Waals surface area contributed by atoms with Gasteiger partial charge in [0.1, 0.15) is 30.3 Å². The Labute approximate surface area is 142 Å². The molecule has 3 aromatic rings. The van der Waals surface area contributed by atoms with E-state index in [1.165, 1.54) is 6.33 Å². The van der Waals surface area contributed by atoms with Gasteiger partial charge in [-0.15, -0.1) is 0 Å². The van der Waals surface area contributed by atoms with Gasteiger partial charge in [-0.25, -0.2) is 9.97 Å². The van der Waals surface area contributed by atoms with Crippen LogP contribution in [0.1, 0.15) is 5.56 Å². The summed E-state index contributed by atoms with van der Waals surface area (Å²) in [7, 11) is 0. The van der Waals surface area contributed by atoms with Crippen LogP contribution in [0.4, 0.5) is 16.4 Å². The Kier molecular flexibility index (Phi) is 4.54. The monoisotopic (exact) mass is 344 g/mol. The number of aromatic nitrogens is 3. The minimum Gasteiger partial charge on any atom is -0.384 e. The predicted molar refractivity (Wildman–Crippen MR) is 93.0 cm³/mol. The first-order chi connectivity index (χ1) is 11.6. The first-order valence-electron chi connectivity index (χ1n) is 7.05. The lowest BCUT2D eigenvalue weighted by Crippen LogP contribution is -2.08. The lowest BCUT2D eigenvalue weighted by molar-refractivity contribution is 0.0675. The summed E-state index contributed by atoms with van der Waals surface area (Å²) in [6.45, 7) is 0.575. The van der Waals surface area contributed by atoms with Gasteiger partial charge in [-0.2, -0.15) is 0 Å². The Morgan fingerprint density at radius 2 is 1.96 bits per heavy atom. The highest BCUT2D eigenvalue weighted by Crippen LogP contribution is 2.37. The van der Waals surface area contributed by atoms with Crippen molar-refractivity contribution in [2.75, 3.05) is 11.5 Å². The van der Waals surface area contributed by atoms with E-state index in [1.54, 1.807) is 4.57 Å². The molecule has 0 aliphatic heterocycles. The average molecular weight is 344 g/mol. The Balaban J connectivity index is 1.91. The maximum atomic E-state index is 11.3. The van der Waals surface area contributed by atoms with Crippen molar-refractivity contribution < 1.29 is 9.53 Å². The molecule has 0 aliphatic carbocycles. The topological polar surface area (TPSA) is 135 Å². The van der Waals surface area contributed by atoms with Crippen molar-refractivity contribution in [2.45, 2.75) is 18.2 Å². The zero-order chi connectivity index (χ0) is 17.1. The molecule has 124 valence electrons. The molecule has 0 fully saturated rings. The van der Waals surface area contributed by atoms with E-state index in [0.717, 1.165) is 17.3 Å². The van der Waals surface area contributed by atoms with Crippen LogP contribution in [0.3, 0.4) is 0 Å². The third-order valence-corrected chi connectivity index (χ3v) is 4.22. The number of hydrogen-bond acceptors (Lipinski definition) is 7. The molecule has 0 unspecified atom stereocenters. The van der Waals surface area contributed by atoms with Gasteiger partial charge in [0.2, 0.25) is 0 Å². The standard InChI is InChI=1S/C15H16N6O2S/c16-12-10-11(24-15(18)22)13(17)21(14(10)20-7-19-12)8-23-6-9-4-2-1-3-5-9/h1-5,7H,6,8,17H2,(H2,18,22)(H2,16,19,20). The minimum absolute atomic E-state index is 0.160. The maximum absolute atomic E-state index is 11.3. The highest BCUT2D eigenvalue weighted by Gasteiger charge is 2.21. The number of anilines is 2. The second kappa shape index (κ2) is 6.77. The van der Waals surface area contributed by atoms with Crippen LogP contribution in [-0.2, 0) is 18.1 Å².